The monoisotopic (exact) mass is 329 g/mol. The van der Waals surface area contributed by atoms with E-state index in [1.54, 1.807) is 12.1 Å². The van der Waals surface area contributed by atoms with Crippen LogP contribution in [0.5, 0.6) is 0 Å². The first-order valence-electron chi connectivity index (χ1n) is 6.86. The molecule has 1 N–H and O–H groups in total. The van der Waals surface area contributed by atoms with Crippen LogP contribution in [0.1, 0.15) is 18.9 Å². The van der Waals surface area contributed by atoms with Crippen LogP contribution < -0.4 is 0 Å². The number of aliphatic carboxylic acids is 1. The predicted molar refractivity (Wildman–Crippen MR) is 83.1 cm³/mol. The van der Waals surface area contributed by atoms with Crippen LogP contribution in [0.2, 0.25) is 0 Å². The summed E-state index contributed by atoms with van der Waals surface area (Å²) in [6, 6.07) is 6.13. The number of hydrogen-bond acceptors (Lipinski definition) is 4. The number of carboxylic acid groups (broad SMARTS) is 1. The van der Waals surface area contributed by atoms with Gasteiger partial charge in [0.1, 0.15) is 0 Å². The SMILES string of the molecule is CCC1CN(S(=O)(=O)c2ccc(CC(=O)O)cc2)CCS1. The summed E-state index contributed by atoms with van der Waals surface area (Å²) in [5, 5.41) is 9.07. The Morgan fingerprint density at radius 3 is 2.62 bits per heavy atom. The zero-order valence-electron chi connectivity index (χ0n) is 11.9. The fraction of sp³-hybridized carbons (Fsp3) is 0.500. The van der Waals surface area contributed by atoms with Crippen molar-refractivity contribution in [3.8, 4) is 0 Å². The largest absolute Gasteiger partial charge is 0.481 e. The van der Waals surface area contributed by atoms with Crippen molar-refractivity contribution in [2.75, 3.05) is 18.8 Å². The third kappa shape index (κ3) is 3.99. The lowest BCUT2D eigenvalue weighted by Crippen LogP contribution is -2.41. The number of rotatable bonds is 5. The molecule has 1 aromatic carbocycles. The molecule has 2 rings (SSSR count). The van der Waals surface area contributed by atoms with Crippen LogP contribution in [-0.2, 0) is 21.2 Å². The molecule has 0 aliphatic carbocycles. The predicted octanol–water partition coefficient (Wildman–Crippen LogP) is 1.83. The Bertz CT molecular complexity index is 598. The van der Waals surface area contributed by atoms with Gasteiger partial charge in [0, 0.05) is 24.1 Å². The highest BCUT2D eigenvalue weighted by atomic mass is 32.2. The van der Waals surface area contributed by atoms with E-state index in [4.69, 9.17) is 5.11 Å². The van der Waals surface area contributed by atoms with E-state index in [0.717, 1.165) is 12.2 Å². The molecule has 7 heteroatoms. The summed E-state index contributed by atoms with van der Waals surface area (Å²) in [6.07, 6.45) is 0.854. The molecule has 0 aromatic heterocycles. The minimum absolute atomic E-state index is 0.0986. The molecule has 0 saturated carbocycles. The molecule has 0 spiro atoms. The summed E-state index contributed by atoms with van der Waals surface area (Å²) in [5.74, 6) is -0.112. The summed E-state index contributed by atoms with van der Waals surface area (Å²) in [6.45, 7) is 3.13. The molecule has 1 aliphatic heterocycles. The molecule has 1 fully saturated rings. The standard InChI is InChI=1S/C14H19NO4S2/c1-2-12-10-15(7-8-20-12)21(18,19)13-5-3-11(4-6-13)9-14(16)17/h3-6,12H,2,7-10H2,1H3,(H,16,17). The van der Waals surface area contributed by atoms with Crippen LogP contribution in [0.15, 0.2) is 29.2 Å². The van der Waals surface area contributed by atoms with E-state index in [2.05, 4.69) is 6.92 Å². The smallest absolute Gasteiger partial charge is 0.307 e. The van der Waals surface area contributed by atoms with Crippen molar-refractivity contribution >= 4 is 27.8 Å². The first-order valence-corrected chi connectivity index (χ1v) is 9.35. The average molecular weight is 329 g/mol. The topological polar surface area (TPSA) is 74.7 Å². The fourth-order valence-corrected chi connectivity index (χ4v) is 5.14. The van der Waals surface area contributed by atoms with Crippen molar-refractivity contribution in [3.63, 3.8) is 0 Å². The van der Waals surface area contributed by atoms with E-state index in [0.29, 0.717) is 23.9 Å². The van der Waals surface area contributed by atoms with Gasteiger partial charge in [0.25, 0.3) is 0 Å². The molecular formula is C14H19NO4S2. The molecule has 1 atom stereocenters. The minimum Gasteiger partial charge on any atom is -0.481 e. The van der Waals surface area contributed by atoms with E-state index >= 15 is 0 Å². The molecule has 21 heavy (non-hydrogen) atoms. The lowest BCUT2D eigenvalue weighted by Gasteiger charge is -2.31. The van der Waals surface area contributed by atoms with Crippen molar-refractivity contribution in [2.45, 2.75) is 29.9 Å². The van der Waals surface area contributed by atoms with Crippen molar-refractivity contribution in [3.05, 3.63) is 29.8 Å². The lowest BCUT2D eigenvalue weighted by atomic mass is 10.2. The molecule has 0 bridgehead atoms. The van der Waals surface area contributed by atoms with Gasteiger partial charge in [0.05, 0.1) is 11.3 Å². The maximum absolute atomic E-state index is 12.6. The average Bonchev–Trinajstić information content (AvgIpc) is 2.47. The van der Waals surface area contributed by atoms with Gasteiger partial charge >= 0.3 is 5.97 Å². The molecule has 1 saturated heterocycles. The molecule has 5 nitrogen and oxygen atoms in total. The Balaban J connectivity index is 2.17. The van der Waals surface area contributed by atoms with Gasteiger partial charge in [-0.1, -0.05) is 19.1 Å². The number of carboxylic acids is 1. The second kappa shape index (κ2) is 6.81. The van der Waals surface area contributed by atoms with Crippen LogP contribution in [0, 0.1) is 0 Å². The second-order valence-corrected chi connectivity index (χ2v) is 8.32. The van der Waals surface area contributed by atoms with Gasteiger partial charge in [-0.25, -0.2) is 8.42 Å². The summed E-state index contributed by atoms with van der Waals surface area (Å²) < 4.78 is 26.7. The van der Waals surface area contributed by atoms with E-state index in [9.17, 15) is 13.2 Å². The molecular weight excluding hydrogens is 310 g/mol. The van der Waals surface area contributed by atoms with Gasteiger partial charge in [-0.3, -0.25) is 4.79 Å². The number of thioether (sulfide) groups is 1. The summed E-state index contributed by atoms with van der Waals surface area (Å²) >= 11 is 1.82. The molecule has 116 valence electrons. The number of hydrogen-bond donors (Lipinski definition) is 1. The van der Waals surface area contributed by atoms with Gasteiger partial charge < -0.3 is 5.11 Å². The highest BCUT2D eigenvalue weighted by molar-refractivity contribution is 8.00. The molecule has 1 unspecified atom stereocenters. The quantitative estimate of drug-likeness (QED) is 0.892. The third-order valence-electron chi connectivity index (χ3n) is 3.47. The molecule has 0 radical (unpaired) electrons. The number of carbonyl (C=O) groups is 1. The van der Waals surface area contributed by atoms with E-state index in [1.165, 1.54) is 16.4 Å². The number of sulfonamides is 1. The highest BCUT2D eigenvalue weighted by Gasteiger charge is 2.29. The van der Waals surface area contributed by atoms with Crippen molar-refractivity contribution < 1.29 is 18.3 Å². The van der Waals surface area contributed by atoms with Crippen LogP contribution in [-0.4, -0.2) is 47.9 Å². The van der Waals surface area contributed by atoms with Gasteiger partial charge in [-0.2, -0.15) is 16.1 Å². The first kappa shape index (κ1) is 16.3. The summed E-state index contributed by atoms with van der Waals surface area (Å²) in [7, 11) is -3.48. The zero-order valence-corrected chi connectivity index (χ0v) is 13.5. The number of benzene rings is 1. The van der Waals surface area contributed by atoms with Gasteiger partial charge in [-0.15, -0.1) is 0 Å². The fourth-order valence-electron chi connectivity index (χ4n) is 2.26. The van der Waals surface area contributed by atoms with E-state index in [1.807, 2.05) is 11.8 Å². The Morgan fingerprint density at radius 1 is 1.38 bits per heavy atom. The minimum atomic E-state index is -3.48. The zero-order chi connectivity index (χ0) is 15.5. The maximum atomic E-state index is 12.6. The Morgan fingerprint density at radius 2 is 2.05 bits per heavy atom. The normalized spacial score (nSPS) is 20.3. The number of nitrogens with zero attached hydrogens (tertiary/aromatic N) is 1. The first-order chi connectivity index (χ1) is 9.93. The lowest BCUT2D eigenvalue weighted by molar-refractivity contribution is -0.136. The van der Waals surface area contributed by atoms with Crippen molar-refractivity contribution in [2.24, 2.45) is 0 Å². The molecule has 1 aliphatic rings. The Hall–Kier alpha value is -1.05. The Labute approximate surface area is 129 Å². The summed E-state index contributed by atoms with van der Waals surface area (Å²) in [5.41, 5.74) is 0.599. The third-order valence-corrected chi connectivity index (χ3v) is 6.72. The maximum Gasteiger partial charge on any atom is 0.307 e. The van der Waals surface area contributed by atoms with Crippen molar-refractivity contribution in [1.82, 2.24) is 4.31 Å². The molecule has 1 aromatic rings. The molecule has 1 heterocycles. The highest BCUT2D eigenvalue weighted by Crippen LogP contribution is 2.26. The Kier molecular flexibility index (Phi) is 5.29. The van der Waals surface area contributed by atoms with Crippen LogP contribution >= 0.6 is 11.8 Å². The van der Waals surface area contributed by atoms with Crippen LogP contribution in [0.3, 0.4) is 0 Å². The van der Waals surface area contributed by atoms with E-state index < -0.39 is 16.0 Å². The van der Waals surface area contributed by atoms with Gasteiger partial charge in [0.2, 0.25) is 10.0 Å². The van der Waals surface area contributed by atoms with Crippen molar-refractivity contribution in [1.29, 1.82) is 0 Å². The summed E-state index contributed by atoms with van der Waals surface area (Å²) in [4.78, 5) is 10.9. The second-order valence-electron chi connectivity index (χ2n) is 4.98. The van der Waals surface area contributed by atoms with Gasteiger partial charge in [-0.05, 0) is 24.1 Å². The van der Waals surface area contributed by atoms with Crippen LogP contribution in [0.25, 0.3) is 0 Å². The van der Waals surface area contributed by atoms with Gasteiger partial charge in [0.15, 0.2) is 0 Å². The van der Waals surface area contributed by atoms with E-state index in [-0.39, 0.29) is 11.3 Å². The molecule has 0 amide bonds. The van der Waals surface area contributed by atoms with Crippen LogP contribution in [0.4, 0.5) is 0 Å².